The van der Waals surface area contributed by atoms with Crippen LogP contribution < -0.4 is 5.32 Å². The Balaban J connectivity index is 1.71. The number of hydrogen-bond acceptors (Lipinski definition) is 3. The Morgan fingerprint density at radius 2 is 1.78 bits per heavy atom. The zero-order valence-corrected chi connectivity index (χ0v) is 16.6. The van der Waals surface area contributed by atoms with Gasteiger partial charge in [-0.05, 0) is 63.1 Å². The van der Waals surface area contributed by atoms with E-state index in [9.17, 15) is 4.79 Å². The molecule has 2 heterocycles. The summed E-state index contributed by atoms with van der Waals surface area (Å²) >= 11 is 1.47. The number of carbonyl (C=O) groups excluding carboxylic acids is 1. The fraction of sp³-hybridized carbons (Fsp3) is 0.182. The molecule has 4 aromatic rings. The summed E-state index contributed by atoms with van der Waals surface area (Å²) in [5.41, 5.74) is 6.20. The van der Waals surface area contributed by atoms with Crippen molar-refractivity contribution in [3.05, 3.63) is 75.8 Å². The van der Waals surface area contributed by atoms with Gasteiger partial charge in [-0.15, -0.1) is 11.3 Å². The van der Waals surface area contributed by atoms with Crippen molar-refractivity contribution in [1.29, 1.82) is 0 Å². The number of anilines is 1. The largest absolute Gasteiger partial charge is 0.321 e. The number of benzene rings is 2. The molecule has 2 aromatic heterocycles. The Labute approximate surface area is 162 Å². The van der Waals surface area contributed by atoms with Crippen LogP contribution in [0.3, 0.4) is 0 Å². The molecule has 0 aliphatic rings. The summed E-state index contributed by atoms with van der Waals surface area (Å²) < 4.78 is 1.93. The van der Waals surface area contributed by atoms with Gasteiger partial charge in [0.05, 0.1) is 16.3 Å². The lowest BCUT2D eigenvalue weighted by Gasteiger charge is -2.08. The molecule has 0 aliphatic carbocycles. The third-order valence-corrected chi connectivity index (χ3v) is 5.75. The van der Waals surface area contributed by atoms with Crippen molar-refractivity contribution < 1.29 is 4.79 Å². The first-order valence-electron chi connectivity index (χ1n) is 8.87. The zero-order valence-electron chi connectivity index (χ0n) is 15.8. The molecule has 1 amide bonds. The molecule has 0 radical (unpaired) electrons. The van der Waals surface area contributed by atoms with Crippen molar-refractivity contribution in [2.45, 2.75) is 27.7 Å². The highest BCUT2D eigenvalue weighted by molar-refractivity contribution is 7.20. The van der Waals surface area contributed by atoms with E-state index in [1.54, 1.807) is 0 Å². The van der Waals surface area contributed by atoms with Crippen LogP contribution in [0, 0.1) is 27.7 Å². The van der Waals surface area contributed by atoms with Crippen LogP contribution in [0.5, 0.6) is 0 Å². The van der Waals surface area contributed by atoms with E-state index in [-0.39, 0.29) is 5.91 Å². The highest BCUT2D eigenvalue weighted by atomic mass is 32.1. The van der Waals surface area contributed by atoms with Gasteiger partial charge in [0.1, 0.15) is 4.83 Å². The van der Waals surface area contributed by atoms with Gasteiger partial charge >= 0.3 is 0 Å². The SMILES string of the molecule is Cc1cccc(-n2nc(C)c3cc(C(=O)Nc4ccc(C)cc4C)sc32)c1. The molecule has 4 nitrogen and oxygen atoms in total. The van der Waals surface area contributed by atoms with Crippen molar-refractivity contribution in [2.75, 3.05) is 5.32 Å². The van der Waals surface area contributed by atoms with Gasteiger partial charge in [0.25, 0.3) is 5.91 Å². The third-order valence-electron chi connectivity index (χ3n) is 4.64. The molecule has 0 saturated carbocycles. The second-order valence-corrected chi connectivity index (χ2v) is 7.97. The van der Waals surface area contributed by atoms with E-state index in [1.807, 2.05) is 55.8 Å². The molecule has 5 heteroatoms. The van der Waals surface area contributed by atoms with Gasteiger partial charge in [0, 0.05) is 11.1 Å². The van der Waals surface area contributed by atoms with Gasteiger partial charge < -0.3 is 5.32 Å². The average Bonchev–Trinajstić information content (AvgIpc) is 3.18. The lowest BCUT2D eigenvalue weighted by molar-refractivity contribution is 0.103. The minimum Gasteiger partial charge on any atom is -0.321 e. The number of aryl methyl sites for hydroxylation is 4. The van der Waals surface area contributed by atoms with E-state index >= 15 is 0 Å². The molecule has 0 spiro atoms. The van der Waals surface area contributed by atoms with E-state index in [0.29, 0.717) is 4.88 Å². The maximum Gasteiger partial charge on any atom is 0.265 e. The lowest BCUT2D eigenvalue weighted by Crippen LogP contribution is -2.11. The molecule has 0 unspecified atom stereocenters. The molecule has 2 aromatic carbocycles. The summed E-state index contributed by atoms with van der Waals surface area (Å²) in [7, 11) is 0. The number of aromatic nitrogens is 2. The molecule has 0 saturated heterocycles. The Hall–Kier alpha value is -2.92. The van der Waals surface area contributed by atoms with Gasteiger partial charge in [0.2, 0.25) is 0 Å². The van der Waals surface area contributed by atoms with Gasteiger partial charge in [-0.1, -0.05) is 29.8 Å². The van der Waals surface area contributed by atoms with E-state index in [1.165, 1.54) is 22.5 Å². The molecule has 1 N–H and O–H groups in total. The second-order valence-electron chi connectivity index (χ2n) is 6.94. The summed E-state index contributed by atoms with van der Waals surface area (Å²) in [4.78, 5) is 14.5. The fourth-order valence-corrected chi connectivity index (χ4v) is 4.31. The molecule has 0 aliphatic heterocycles. The van der Waals surface area contributed by atoms with Crippen LogP contribution in [0.15, 0.2) is 48.5 Å². The van der Waals surface area contributed by atoms with Gasteiger partial charge in [-0.3, -0.25) is 4.79 Å². The second kappa shape index (κ2) is 6.67. The monoisotopic (exact) mass is 375 g/mol. The highest BCUT2D eigenvalue weighted by Crippen LogP contribution is 2.31. The maximum atomic E-state index is 12.8. The Morgan fingerprint density at radius 1 is 1.00 bits per heavy atom. The summed E-state index contributed by atoms with van der Waals surface area (Å²) in [6.07, 6.45) is 0. The summed E-state index contributed by atoms with van der Waals surface area (Å²) in [5, 5.41) is 8.72. The van der Waals surface area contributed by atoms with Crippen molar-refractivity contribution in [1.82, 2.24) is 9.78 Å². The number of amides is 1. The van der Waals surface area contributed by atoms with Crippen LogP contribution in [0.25, 0.3) is 15.9 Å². The molecule has 136 valence electrons. The Kier molecular flexibility index (Phi) is 4.32. The summed E-state index contributed by atoms with van der Waals surface area (Å²) in [5.74, 6) is -0.0849. The first kappa shape index (κ1) is 17.5. The fourth-order valence-electron chi connectivity index (χ4n) is 3.23. The average molecular weight is 375 g/mol. The predicted octanol–water partition coefficient (Wildman–Crippen LogP) is 5.57. The van der Waals surface area contributed by atoms with Crippen molar-refractivity contribution >= 4 is 33.1 Å². The van der Waals surface area contributed by atoms with Crippen molar-refractivity contribution in [3.63, 3.8) is 0 Å². The summed E-state index contributed by atoms with van der Waals surface area (Å²) in [6, 6.07) is 16.2. The lowest BCUT2D eigenvalue weighted by atomic mass is 10.1. The van der Waals surface area contributed by atoms with Crippen LogP contribution in [-0.2, 0) is 0 Å². The van der Waals surface area contributed by atoms with Crippen LogP contribution in [0.1, 0.15) is 32.1 Å². The molecular formula is C22H21N3OS. The third kappa shape index (κ3) is 3.26. The van der Waals surface area contributed by atoms with E-state index < -0.39 is 0 Å². The van der Waals surface area contributed by atoms with Crippen LogP contribution >= 0.6 is 11.3 Å². The Morgan fingerprint density at radius 3 is 2.52 bits per heavy atom. The number of carbonyl (C=O) groups is 1. The van der Waals surface area contributed by atoms with Crippen molar-refractivity contribution in [2.24, 2.45) is 0 Å². The molecule has 27 heavy (non-hydrogen) atoms. The quantitative estimate of drug-likeness (QED) is 0.509. The zero-order chi connectivity index (χ0) is 19.1. The van der Waals surface area contributed by atoms with Crippen molar-refractivity contribution in [3.8, 4) is 5.69 Å². The topological polar surface area (TPSA) is 46.9 Å². The minimum atomic E-state index is -0.0849. The number of nitrogens with one attached hydrogen (secondary N) is 1. The van der Waals surface area contributed by atoms with Crippen LogP contribution in [0.4, 0.5) is 5.69 Å². The number of thiophene rings is 1. The first-order chi connectivity index (χ1) is 12.9. The predicted molar refractivity (Wildman–Crippen MR) is 112 cm³/mol. The normalized spacial score (nSPS) is 11.1. The van der Waals surface area contributed by atoms with Gasteiger partial charge in [0.15, 0.2) is 0 Å². The molecule has 0 atom stereocenters. The maximum absolute atomic E-state index is 12.8. The van der Waals surface area contributed by atoms with Gasteiger partial charge in [-0.2, -0.15) is 5.10 Å². The first-order valence-corrected chi connectivity index (χ1v) is 9.69. The molecular weight excluding hydrogens is 354 g/mol. The molecule has 4 rings (SSSR count). The number of nitrogens with zero attached hydrogens (tertiary/aromatic N) is 2. The smallest absolute Gasteiger partial charge is 0.265 e. The highest BCUT2D eigenvalue weighted by Gasteiger charge is 2.17. The summed E-state index contributed by atoms with van der Waals surface area (Å²) in [6.45, 7) is 8.10. The standard InChI is InChI=1S/C22H21N3OS/c1-13-6-5-7-17(11-13)25-22-18(16(4)24-25)12-20(27-22)21(26)23-19-9-8-14(2)10-15(19)3/h5-12H,1-4H3,(H,23,26). The van der Waals surface area contributed by atoms with E-state index in [4.69, 9.17) is 0 Å². The number of hydrogen-bond donors (Lipinski definition) is 1. The van der Waals surface area contributed by atoms with Crippen LogP contribution in [0.2, 0.25) is 0 Å². The van der Waals surface area contributed by atoms with E-state index in [0.717, 1.165) is 32.8 Å². The molecule has 0 bridgehead atoms. The van der Waals surface area contributed by atoms with Crippen LogP contribution in [-0.4, -0.2) is 15.7 Å². The molecule has 0 fully saturated rings. The van der Waals surface area contributed by atoms with E-state index in [2.05, 4.69) is 35.5 Å². The Bertz CT molecular complexity index is 1170. The number of fused-ring (bicyclic) bond motifs is 1. The number of rotatable bonds is 3. The van der Waals surface area contributed by atoms with Gasteiger partial charge in [-0.25, -0.2) is 4.68 Å². The minimum absolute atomic E-state index is 0.0849.